The predicted molar refractivity (Wildman–Crippen MR) is 182 cm³/mol. The second-order valence-corrected chi connectivity index (χ2v) is 19.0. The smallest absolute Gasteiger partial charge is 0.248 e. The van der Waals surface area contributed by atoms with Crippen molar-refractivity contribution in [2.24, 2.45) is 0 Å². The van der Waals surface area contributed by atoms with Crippen molar-refractivity contribution in [2.45, 2.75) is 69.9 Å². The molecule has 3 aromatic rings. The molecule has 44 heavy (non-hydrogen) atoms. The largest absolute Gasteiger partial charge is 0.506 e. The van der Waals surface area contributed by atoms with Gasteiger partial charge in [0.1, 0.15) is 5.75 Å². The highest BCUT2D eigenvalue weighted by Crippen LogP contribution is 2.41. The summed E-state index contributed by atoms with van der Waals surface area (Å²) in [5.74, 6) is 0.0249. The molecule has 0 spiro atoms. The Kier molecular flexibility index (Phi) is 11.6. The number of nitrogens with one attached hydrogen (secondary N) is 2. The number of phenols is 1. The number of benzene rings is 2. The lowest BCUT2D eigenvalue weighted by molar-refractivity contribution is -0.0265. The fourth-order valence-electron chi connectivity index (χ4n) is 5.33. The minimum Gasteiger partial charge on any atom is -0.506 e. The molecule has 1 atom stereocenters. The number of pyridine rings is 1. The Hall–Kier alpha value is -1.95. The van der Waals surface area contributed by atoms with Crippen LogP contribution in [0.1, 0.15) is 50.8 Å². The highest BCUT2D eigenvalue weighted by molar-refractivity contribution is 6.74. The first-order valence-electron chi connectivity index (χ1n) is 15.4. The number of H-pyrrole nitrogens is 1. The molecule has 2 aromatic carbocycles. The van der Waals surface area contributed by atoms with Crippen molar-refractivity contribution in [3.63, 3.8) is 0 Å². The lowest BCUT2D eigenvalue weighted by Crippen LogP contribution is -2.51. The molecule has 0 radical (unpaired) electrons. The molecule has 4 rings (SSSR count). The van der Waals surface area contributed by atoms with E-state index in [0.717, 1.165) is 36.1 Å². The van der Waals surface area contributed by atoms with Gasteiger partial charge in [-0.3, -0.25) is 4.79 Å². The second kappa shape index (κ2) is 14.6. The Morgan fingerprint density at radius 1 is 1.07 bits per heavy atom. The van der Waals surface area contributed by atoms with Crippen LogP contribution in [0.15, 0.2) is 47.3 Å². The summed E-state index contributed by atoms with van der Waals surface area (Å²) in [6.45, 7) is 15.5. The van der Waals surface area contributed by atoms with E-state index < -0.39 is 13.9 Å². The fourth-order valence-corrected chi connectivity index (χ4v) is 7.20. The van der Waals surface area contributed by atoms with Crippen LogP contribution in [0, 0.1) is 0 Å². The number of nitrogens with zero attached hydrogens (tertiary/aromatic N) is 1. The van der Waals surface area contributed by atoms with Crippen molar-refractivity contribution >= 4 is 42.4 Å². The number of phenolic OH excluding ortho intramolecular Hbond substituents is 1. The van der Waals surface area contributed by atoms with Gasteiger partial charge in [0.05, 0.1) is 30.4 Å². The van der Waals surface area contributed by atoms with E-state index in [1.165, 1.54) is 6.07 Å². The maximum Gasteiger partial charge on any atom is 0.248 e. The van der Waals surface area contributed by atoms with E-state index in [4.69, 9.17) is 32.4 Å². The Morgan fingerprint density at radius 3 is 2.41 bits per heavy atom. The molecule has 0 aliphatic carbocycles. The first-order chi connectivity index (χ1) is 20.7. The minimum absolute atomic E-state index is 0.0112. The number of hydrogen-bond acceptors (Lipinski definition) is 7. The summed E-state index contributed by atoms with van der Waals surface area (Å²) < 4.78 is 12.8. The molecule has 1 fully saturated rings. The van der Waals surface area contributed by atoms with Crippen LogP contribution in [0.2, 0.25) is 28.2 Å². The zero-order valence-corrected chi connectivity index (χ0v) is 29.0. The number of ether oxygens (including phenoxy) is 1. The van der Waals surface area contributed by atoms with E-state index in [2.05, 4.69) is 49.1 Å². The van der Waals surface area contributed by atoms with E-state index >= 15 is 0 Å². The normalized spacial score (nSPS) is 16.8. The number of likely N-dealkylation sites (tertiary alicyclic amines) is 1. The summed E-state index contributed by atoms with van der Waals surface area (Å²) in [5, 5.41) is 27.4. The van der Waals surface area contributed by atoms with Crippen molar-refractivity contribution in [3.8, 4) is 5.75 Å². The summed E-state index contributed by atoms with van der Waals surface area (Å²) in [6.07, 6.45) is 1.66. The Balaban J connectivity index is 1.31. The number of aromatic amines is 1. The maximum atomic E-state index is 12.0. The molecule has 0 saturated carbocycles. The summed E-state index contributed by atoms with van der Waals surface area (Å²) >= 11 is 12.5. The number of piperidine rings is 1. The monoisotopic (exact) mass is 663 g/mol. The number of aromatic nitrogens is 1. The number of halogens is 2. The molecule has 2 heterocycles. The molecule has 8 nitrogen and oxygen atoms in total. The average molecular weight is 665 g/mol. The third-order valence-electron chi connectivity index (χ3n) is 9.18. The van der Waals surface area contributed by atoms with Crippen LogP contribution in [0.4, 0.5) is 0 Å². The lowest BCUT2D eigenvalue weighted by atomic mass is 9.91. The van der Waals surface area contributed by atoms with Gasteiger partial charge in [-0.05, 0) is 72.8 Å². The van der Waals surface area contributed by atoms with Crippen molar-refractivity contribution in [1.82, 2.24) is 15.2 Å². The number of hydrogen-bond donors (Lipinski definition) is 4. The van der Waals surface area contributed by atoms with Gasteiger partial charge in [0.2, 0.25) is 5.56 Å². The van der Waals surface area contributed by atoms with Gasteiger partial charge in [-0.25, -0.2) is 0 Å². The number of aromatic hydroxyl groups is 1. The van der Waals surface area contributed by atoms with Crippen molar-refractivity contribution in [3.05, 3.63) is 74.0 Å². The van der Waals surface area contributed by atoms with Crippen LogP contribution in [-0.2, 0) is 15.6 Å². The average Bonchev–Trinajstić information content (AvgIpc) is 2.94. The second-order valence-electron chi connectivity index (χ2n) is 13.4. The molecule has 242 valence electrons. The van der Waals surface area contributed by atoms with Gasteiger partial charge in [0, 0.05) is 54.2 Å². The summed E-state index contributed by atoms with van der Waals surface area (Å²) in [6, 6.07) is 12.2. The first-order valence-corrected chi connectivity index (χ1v) is 19.0. The van der Waals surface area contributed by atoms with Crippen molar-refractivity contribution in [2.75, 3.05) is 45.9 Å². The van der Waals surface area contributed by atoms with Gasteiger partial charge >= 0.3 is 0 Å². The Morgan fingerprint density at radius 2 is 1.75 bits per heavy atom. The standard InChI is InChI=1S/C33H47Cl2N3O5Si/c1-32(2,3)44(4,5)43-29(23-9-11-28(39)31-24(23)10-12-30(40)37-31)21-36-22-33(41)14-16-38(17-15-33)18-20-42-19-13-25-26(34)7-6-8-27(25)35/h6-12,29,36,39,41H,13-22H2,1-5H3,(H,37,40)/t29-/m0/s1. The lowest BCUT2D eigenvalue weighted by Gasteiger charge is -2.41. The molecule has 1 aliphatic rings. The van der Waals surface area contributed by atoms with Crippen molar-refractivity contribution < 1.29 is 19.4 Å². The maximum absolute atomic E-state index is 12.0. The van der Waals surface area contributed by atoms with Gasteiger partial charge in [-0.15, -0.1) is 0 Å². The summed E-state index contributed by atoms with van der Waals surface area (Å²) in [4.78, 5) is 17.1. The highest BCUT2D eigenvalue weighted by Gasteiger charge is 2.40. The van der Waals surface area contributed by atoms with Gasteiger partial charge in [-0.2, -0.15) is 0 Å². The highest BCUT2D eigenvalue weighted by atomic mass is 35.5. The van der Waals surface area contributed by atoms with E-state index in [1.54, 1.807) is 12.1 Å². The Bertz CT molecular complexity index is 1450. The molecule has 4 N–H and O–H groups in total. The molecule has 0 amide bonds. The summed E-state index contributed by atoms with van der Waals surface area (Å²) in [7, 11) is -2.19. The van der Waals surface area contributed by atoms with Crippen molar-refractivity contribution in [1.29, 1.82) is 0 Å². The van der Waals surface area contributed by atoms with Gasteiger partial charge in [-0.1, -0.05) is 56.1 Å². The van der Waals surface area contributed by atoms with Gasteiger partial charge < -0.3 is 34.6 Å². The molecular formula is C33H47Cl2N3O5Si. The van der Waals surface area contributed by atoms with Gasteiger partial charge in [0.25, 0.3) is 0 Å². The van der Waals surface area contributed by atoms with Gasteiger partial charge in [0.15, 0.2) is 8.32 Å². The summed E-state index contributed by atoms with van der Waals surface area (Å²) in [5.41, 5.74) is 1.12. The molecule has 0 unspecified atom stereocenters. The zero-order valence-electron chi connectivity index (χ0n) is 26.5. The van der Waals surface area contributed by atoms with E-state index in [-0.39, 0.29) is 22.5 Å². The topological polar surface area (TPSA) is 107 Å². The number of aliphatic hydroxyl groups is 1. The Labute approximate surface area is 271 Å². The van der Waals surface area contributed by atoms with E-state index in [1.807, 2.05) is 24.3 Å². The van der Waals surface area contributed by atoms with Crippen LogP contribution in [0.25, 0.3) is 10.9 Å². The third-order valence-corrected chi connectivity index (χ3v) is 14.4. The third kappa shape index (κ3) is 8.85. The molecule has 1 aliphatic heterocycles. The molecular weight excluding hydrogens is 617 g/mol. The first kappa shape index (κ1) is 34.9. The molecule has 1 saturated heterocycles. The number of rotatable bonds is 13. The SMILES string of the molecule is CC(C)(C)[Si](C)(C)O[C@@H](CNCC1(O)CCN(CCOCCc2c(Cl)cccc2Cl)CC1)c1ccc(O)c2[nH]c(=O)ccc12. The molecule has 0 bridgehead atoms. The van der Waals surface area contributed by atoms with Crippen LogP contribution in [-0.4, -0.2) is 80.0 Å². The number of fused-ring (bicyclic) bond motifs is 1. The fraction of sp³-hybridized carbons (Fsp3) is 0.545. The van der Waals surface area contributed by atoms with Crippen LogP contribution < -0.4 is 10.9 Å². The minimum atomic E-state index is -2.19. The van der Waals surface area contributed by atoms with Crippen LogP contribution in [0.3, 0.4) is 0 Å². The predicted octanol–water partition coefficient (Wildman–Crippen LogP) is 6.28. The van der Waals surface area contributed by atoms with Crippen LogP contribution >= 0.6 is 23.2 Å². The zero-order chi connectivity index (χ0) is 32.1. The molecule has 11 heteroatoms. The van der Waals surface area contributed by atoms with Crippen LogP contribution in [0.5, 0.6) is 5.75 Å². The molecule has 1 aromatic heterocycles. The van der Waals surface area contributed by atoms with E-state index in [0.29, 0.717) is 61.1 Å². The van der Waals surface area contributed by atoms with E-state index in [9.17, 15) is 15.0 Å². The quantitative estimate of drug-likeness (QED) is 0.126.